The number of ether oxygens (including phenoxy) is 1. The lowest BCUT2D eigenvalue weighted by molar-refractivity contribution is 0.0475. The van der Waals surface area contributed by atoms with Gasteiger partial charge in [0.15, 0.2) is 0 Å². The van der Waals surface area contributed by atoms with Gasteiger partial charge in [-0.15, -0.1) is 0 Å². The fraction of sp³-hybridized carbons (Fsp3) is 0.500. The van der Waals surface area contributed by atoms with E-state index in [0.717, 1.165) is 12.8 Å². The first-order chi connectivity index (χ1) is 11.5. The van der Waals surface area contributed by atoms with Crippen LogP contribution in [0.15, 0.2) is 18.2 Å². The summed E-state index contributed by atoms with van der Waals surface area (Å²) < 4.78 is 5.52. The molecule has 6 heteroatoms. The summed E-state index contributed by atoms with van der Waals surface area (Å²) in [7, 11) is 0. The average molecular weight is 330 g/mol. The van der Waals surface area contributed by atoms with E-state index in [4.69, 9.17) is 4.74 Å². The van der Waals surface area contributed by atoms with Crippen molar-refractivity contribution in [1.82, 2.24) is 10.2 Å². The molecule has 1 fully saturated rings. The van der Waals surface area contributed by atoms with Gasteiger partial charge in [-0.2, -0.15) is 0 Å². The standard InChI is InChI=1S/C18H22N2O4/c1-11(2)9-19-16(21)12-5-6-14-15(8-12)18(23)20(17(14)22)10-13-4-3-7-24-13/h5-6,8,11,13H,3-4,7,9-10H2,1-2H3,(H,19,21). The molecule has 128 valence electrons. The van der Waals surface area contributed by atoms with Crippen LogP contribution in [0, 0.1) is 5.92 Å². The van der Waals surface area contributed by atoms with Crippen LogP contribution in [0.5, 0.6) is 0 Å². The van der Waals surface area contributed by atoms with Gasteiger partial charge in [-0.25, -0.2) is 0 Å². The van der Waals surface area contributed by atoms with Crippen LogP contribution >= 0.6 is 0 Å². The van der Waals surface area contributed by atoms with E-state index in [1.165, 1.54) is 11.0 Å². The van der Waals surface area contributed by atoms with E-state index in [2.05, 4.69) is 5.32 Å². The normalized spacial score (nSPS) is 20.0. The van der Waals surface area contributed by atoms with Gasteiger partial charge in [-0.3, -0.25) is 19.3 Å². The largest absolute Gasteiger partial charge is 0.376 e. The molecule has 0 aromatic heterocycles. The number of nitrogens with one attached hydrogen (secondary N) is 1. The number of nitrogens with zero attached hydrogens (tertiary/aromatic N) is 1. The minimum atomic E-state index is -0.344. The van der Waals surface area contributed by atoms with Crippen molar-refractivity contribution < 1.29 is 19.1 Å². The smallest absolute Gasteiger partial charge is 0.261 e. The molecule has 0 bridgehead atoms. The van der Waals surface area contributed by atoms with E-state index in [-0.39, 0.29) is 30.4 Å². The highest BCUT2D eigenvalue weighted by molar-refractivity contribution is 6.22. The Morgan fingerprint density at radius 1 is 1.29 bits per heavy atom. The predicted molar refractivity (Wildman–Crippen MR) is 88.0 cm³/mol. The lowest BCUT2D eigenvalue weighted by Crippen LogP contribution is -2.36. The zero-order valence-corrected chi connectivity index (χ0v) is 14.0. The topological polar surface area (TPSA) is 75.7 Å². The molecule has 6 nitrogen and oxygen atoms in total. The summed E-state index contributed by atoms with van der Waals surface area (Å²) in [5.74, 6) is -0.540. The summed E-state index contributed by atoms with van der Waals surface area (Å²) in [5, 5.41) is 2.82. The second-order valence-corrected chi connectivity index (χ2v) is 6.72. The van der Waals surface area contributed by atoms with Gasteiger partial charge in [0.1, 0.15) is 0 Å². The molecule has 1 N–H and O–H groups in total. The van der Waals surface area contributed by atoms with Crippen LogP contribution in [0.4, 0.5) is 0 Å². The van der Waals surface area contributed by atoms with Gasteiger partial charge in [0.2, 0.25) is 0 Å². The number of carbonyl (C=O) groups is 3. The molecule has 2 aliphatic rings. The minimum Gasteiger partial charge on any atom is -0.376 e. The first kappa shape index (κ1) is 16.6. The van der Waals surface area contributed by atoms with Crippen LogP contribution < -0.4 is 5.32 Å². The highest BCUT2D eigenvalue weighted by Crippen LogP contribution is 2.26. The molecule has 1 aromatic carbocycles. The fourth-order valence-corrected chi connectivity index (χ4v) is 2.99. The summed E-state index contributed by atoms with van der Waals surface area (Å²) >= 11 is 0. The Balaban J connectivity index is 1.76. The van der Waals surface area contributed by atoms with Crippen LogP contribution in [0.2, 0.25) is 0 Å². The fourth-order valence-electron chi connectivity index (χ4n) is 2.99. The molecular weight excluding hydrogens is 308 g/mol. The molecule has 0 saturated carbocycles. The number of hydrogen-bond acceptors (Lipinski definition) is 4. The number of rotatable bonds is 5. The van der Waals surface area contributed by atoms with Crippen molar-refractivity contribution in [2.24, 2.45) is 5.92 Å². The molecule has 1 atom stereocenters. The van der Waals surface area contributed by atoms with Gasteiger partial charge < -0.3 is 10.1 Å². The van der Waals surface area contributed by atoms with Crippen LogP contribution in [0.25, 0.3) is 0 Å². The van der Waals surface area contributed by atoms with Gasteiger partial charge in [0.05, 0.1) is 23.8 Å². The van der Waals surface area contributed by atoms with Crippen LogP contribution in [0.1, 0.15) is 57.8 Å². The van der Waals surface area contributed by atoms with Crippen molar-refractivity contribution in [3.63, 3.8) is 0 Å². The molecule has 0 aliphatic carbocycles. The Labute approximate surface area is 141 Å². The van der Waals surface area contributed by atoms with Crippen molar-refractivity contribution in [3.8, 4) is 0 Å². The Hall–Kier alpha value is -2.21. The number of imide groups is 1. The first-order valence-electron chi connectivity index (χ1n) is 8.37. The molecule has 0 spiro atoms. The zero-order valence-electron chi connectivity index (χ0n) is 14.0. The Morgan fingerprint density at radius 3 is 2.71 bits per heavy atom. The Kier molecular flexibility index (Phi) is 4.66. The highest BCUT2D eigenvalue weighted by atomic mass is 16.5. The van der Waals surface area contributed by atoms with E-state index in [1.807, 2.05) is 13.8 Å². The quantitative estimate of drug-likeness (QED) is 0.836. The minimum absolute atomic E-state index is 0.0824. The predicted octanol–water partition coefficient (Wildman–Crippen LogP) is 1.85. The van der Waals surface area contributed by atoms with Crippen molar-refractivity contribution >= 4 is 17.7 Å². The summed E-state index contributed by atoms with van der Waals surface area (Å²) in [5.41, 5.74) is 1.06. The van der Waals surface area contributed by atoms with Crippen molar-refractivity contribution in [1.29, 1.82) is 0 Å². The van der Waals surface area contributed by atoms with Gasteiger partial charge in [0.25, 0.3) is 17.7 Å². The number of carbonyl (C=O) groups excluding carboxylic acids is 3. The van der Waals surface area contributed by atoms with E-state index >= 15 is 0 Å². The van der Waals surface area contributed by atoms with Crippen LogP contribution in [-0.4, -0.2) is 48.4 Å². The summed E-state index contributed by atoms with van der Waals surface area (Å²) in [6, 6.07) is 4.67. The summed E-state index contributed by atoms with van der Waals surface area (Å²) in [6.07, 6.45) is 1.73. The molecule has 2 aliphatic heterocycles. The molecule has 3 rings (SSSR count). The average Bonchev–Trinajstić information content (AvgIpc) is 3.15. The van der Waals surface area contributed by atoms with Gasteiger partial charge >= 0.3 is 0 Å². The maximum absolute atomic E-state index is 12.6. The van der Waals surface area contributed by atoms with E-state index in [1.54, 1.807) is 12.1 Å². The van der Waals surface area contributed by atoms with Crippen LogP contribution in [0.3, 0.4) is 0 Å². The Bertz CT molecular complexity index is 678. The second kappa shape index (κ2) is 6.73. The summed E-state index contributed by atoms with van der Waals surface area (Å²) in [6.45, 7) is 5.53. The molecule has 0 radical (unpaired) electrons. The van der Waals surface area contributed by atoms with Gasteiger partial charge in [-0.1, -0.05) is 13.8 Å². The lowest BCUT2D eigenvalue weighted by Gasteiger charge is -2.17. The van der Waals surface area contributed by atoms with E-state index in [0.29, 0.717) is 35.8 Å². The number of benzene rings is 1. The third kappa shape index (κ3) is 3.19. The first-order valence-corrected chi connectivity index (χ1v) is 8.37. The van der Waals surface area contributed by atoms with Gasteiger partial charge in [-0.05, 0) is 37.0 Å². The highest BCUT2D eigenvalue weighted by Gasteiger charge is 2.37. The molecule has 24 heavy (non-hydrogen) atoms. The maximum atomic E-state index is 12.6. The molecular formula is C18H22N2O4. The van der Waals surface area contributed by atoms with E-state index < -0.39 is 0 Å². The third-order valence-corrected chi connectivity index (χ3v) is 4.31. The number of hydrogen-bond donors (Lipinski definition) is 1. The van der Waals surface area contributed by atoms with Crippen molar-refractivity contribution in [2.75, 3.05) is 19.7 Å². The second-order valence-electron chi connectivity index (χ2n) is 6.72. The van der Waals surface area contributed by atoms with Gasteiger partial charge in [0, 0.05) is 18.7 Å². The maximum Gasteiger partial charge on any atom is 0.261 e. The molecule has 3 amide bonds. The molecule has 1 saturated heterocycles. The molecule has 2 heterocycles. The van der Waals surface area contributed by atoms with Crippen LogP contribution in [-0.2, 0) is 4.74 Å². The van der Waals surface area contributed by atoms with E-state index in [9.17, 15) is 14.4 Å². The summed E-state index contributed by atoms with van der Waals surface area (Å²) in [4.78, 5) is 38.4. The number of fused-ring (bicyclic) bond motifs is 1. The van der Waals surface area contributed by atoms with Crippen molar-refractivity contribution in [2.45, 2.75) is 32.8 Å². The Morgan fingerprint density at radius 2 is 2.04 bits per heavy atom. The lowest BCUT2D eigenvalue weighted by atomic mass is 10.1. The zero-order chi connectivity index (χ0) is 17.3. The van der Waals surface area contributed by atoms with Crippen molar-refractivity contribution in [3.05, 3.63) is 34.9 Å². The molecule has 1 aromatic rings. The SMILES string of the molecule is CC(C)CNC(=O)c1ccc2c(c1)C(=O)N(CC1CCCO1)C2=O. The molecule has 1 unspecified atom stereocenters. The monoisotopic (exact) mass is 330 g/mol. The third-order valence-electron chi connectivity index (χ3n) is 4.31. The number of amides is 3.